The molecule has 0 saturated carbocycles. The molecule has 1 aliphatic rings. The molecule has 3 aromatic rings. The summed E-state index contributed by atoms with van der Waals surface area (Å²) in [5, 5.41) is 10.5. The van der Waals surface area contributed by atoms with Gasteiger partial charge in [-0.15, -0.1) is 11.3 Å². The van der Waals surface area contributed by atoms with E-state index in [9.17, 15) is 5.26 Å². The van der Waals surface area contributed by atoms with Crippen molar-refractivity contribution in [1.29, 1.82) is 5.26 Å². The van der Waals surface area contributed by atoms with E-state index < -0.39 is 0 Å². The molecule has 1 aliphatic carbocycles. The van der Waals surface area contributed by atoms with Gasteiger partial charge in [0, 0.05) is 17.8 Å². The molecule has 1 aromatic heterocycles. The van der Waals surface area contributed by atoms with E-state index in [1.807, 2.05) is 38.2 Å². The number of hydrogen-bond acceptors (Lipinski definition) is 5. The lowest BCUT2D eigenvalue weighted by Crippen LogP contribution is -2.06. The van der Waals surface area contributed by atoms with Gasteiger partial charge in [-0.3, -0.25) is 0 Å². The molecule has 4 nitrogen and oxygen atoms in total. The molecule has 0 bridgehead atoms. The number of benzene rings is 2. The first-order chi connectivity index (χ1) is 13.1. The molecule has 0 fully saturated rings. The molecule has 0 radical (unpaired) electrons. The Morgan fingerprint density at radius 1 is 1.30 bits per heavy atom. The van der Waals surface area contributed by atoms with Gasteiger partial charge in [0.2, 0.25) is 0 Å². The van der Waals surface area contributed by atoms with Crippen molar-refractivity contribution in [1.82, 2.24) is 4.98 Å². The lowest BCUT2D eigenvalue weighted by atomic mass is 10.0. The Labute approximate surface area is 163 Å². The lowest BCUT2D eigenvalue weighted by Gasteiger charge is -2.11. The second-order valence-corrected chi connectivity index (χ2v) is 8.07. The molecule has 0 saturated heterocycles. The van der Waals surface area contributed by atoms with E-state index in [-0.39, 0.29) is 12.1 Å². The Kier molecular flexibility index (Phi) is 4.69. The Balaban J connectivity index is 1.69. The van der Waals surface area contributed by atoms with E-state index in [0.29, 0.717) is 11.3 Å². The molecule has 0 unspecified atom stereocenters. The highest BCUT2D eigenvalue weighted by molar-refractivity contribution is 7.18. The standard InChI is InChI=1S/C22H21N3OS/c1-13(2)26-20-9-6-14(10-15(20)11-23)21-12-25-22(27-21)18-5-3-4-17-16(18)7-8-19(17)24/h3-6,9-10,12-13,19H,7-8,24H2,1-2H3/t19-/m0/s1. The van der Waals surface area contributed by atoms with Crippen molar-refractivity contribution in [2.24, 2.45) is 5.73 Å². The van der Waals surface area contributed by atoms with Gasteiger partial charge in [0.25, 0.3) is 0 Å². The zero-order chi connectivity index (χ0) is 19.0. The number of nitrogens with two attached hydrogens (primary N) is 1. The molecule has 2 aromatic carbocycles. The second kappa shape index (κ2) is 7.15. The maximum absolute atomic E-state index is 9.46. The summed E-state index contributed by atoms with van der Waals surface area (Å²) in [5.74, 6) is 0.621. The summed E-state index contributed by atoms with van der Waals surface area (Å²) in [6, 6.07) is 14.4. The fourth-order valence-electron chi connectivity index (χ4n) is 3.55. The average molecular weight is 375 g/mol. The van der Waals surface area contributed by atoms with Gasteiger partial charge in [0.1, 0.15) is 16.8 Å². The Hall–Kier alpha value is -2.68. The number of ether oxygens (including phenoxy) is 1. The third kappa shape index (κ3) is 3.34. The predicted octanol–water partition coefficient (Wildman–Crippen LogP) is 5.08. The summed E-state index contributed by atoms with van der Waals surface area (Å²) in [5.41, 5.74) is 11.5. The molecule has 0 amide bonds. The van der Waals surface area contributed by atoms with Crippen LogP contribution in [0.1, 0.15) is 43.0 Å². The van der Waals surface area contributed by atoms with Crippen LogP contribution in [0.3, 0.4) is 0 Å². The largest absolute Gasteiger partial charge is 0.490 e. The minimum atomic E-state index is 0.0319. The van der Waals surface area contributed by atoms with Crippen molar-refractivity contribution in [3.63, 3.8) is 0 Å². The SMILES string of the molecule is CC(C)Oc1ccc(-c2cnc(-c3cccc4c3CC[C@@H]4N)s2)cc1C#N. The quantitative estimate of drug-likeness (QED) is 0.690. The summed E-state index contributed by atoms with van der Waals surface area (Å²) in [6.07, 6.45) is 3.91. The normalized spacial score (nSPS) is 15.6. The fourth-order valence-corrected chi connectivity index (χ4v) is 4.51. The van der Waals surface area contributed by atoms with Crippen LogP contribution in [0.2, 0.25) is 0 Å². The summed E-state index contributed by atoms with van der Waals surface area (Å²) in [4.78, 5) is 5.69. The van der Waals surface area contributed by atoms with E-state index >= 15 is 0 Å². The first kappa shape index (κ1) is 17.7. The van der Waals surface area contributed by atoms with Crippen molar-refractivity contribution in [3.8, 4) is 32.8 Å². The number of nitriles is 1. The summed E-state index contributed by atoms with van der Waals surface area (Å²) in [7, 11) is 0. The zero-order valence-electron chi connectivity index (χ0n) is 15.4. The third-order valence-electron chi connectivity index (χ3n) is 4.80. The topological polar surface area (TPSA) is 71.9 Å². The van der Waals surface area contributed by atoms with Gasteiger partial charge < -0.3 is 10.5 Å². The molecule has 2 N–H and O–H groups in total. The van der Waals surface area contributed by atoms with E-state index in [1.54, 1.807) is 11.3 Å². The molecular weight excluding hydrogens is 354 g/mol. The molecule has 5 heteroatoms. The van der Waals surface area contributed by atoms with Crippen LogP contribution in [0.15, 0.2) is 42.6 Å². The second-order valence-electron chi connectivity index (χ2n) is 7.04. The smallest absolute Gasteiger partial charge is 0.137 e. The lowest BCUT2D eigenvalue weighted by molar-refractivity contribution is 0.242. The highest BCUT2D eigenvalue weighted by atomic mass is 32.1. The van der Waals surface area contributed by atoms with Crippen LogP contribution >= 0.6 is 11.3 Å². The van der Waals surface area contributed by atoms with Crippen LogP contribution < -0.4 is 10.5 Å². The highest BCUT2D eigenvalue weighted by Crippen LogP contribution is 2.40. The van der Waals surface area contributed by atoms with Gasteiger partial charge in [0.15, 0.2) is 0 Å². The number of rotatable bonds is 4. The molecule has 27 heavy (non-hydrogen) atoms. The van der Waals surface area contributed by atoms with Gasteiger partial charge in [-0.1, -0.05) is 18.2 Å². The number of aromatic nitrogens is 1. The molecule has 1 heterocycles. The predicted molar refractivity (Wildman–Crippen MR) is 109 cm³/mol. The number of nitrogens with zero attached hydrogens (tertiary/aromatic N) is 2. The minimum absolute atomic E-state index is 0.0319. The van der Waals surface area contributed by atoms with Gasteiger partial charge in [-0.05, 0) is 61.6 Å². The Morgan fingerprint density at radius 3 is 2.93 bits per heavy atom. The van der Waals surface area contributed by atoms with Crippen LogP contribution in [0.25, 0.3) is 21.0 Å². The summed E-state index contributed by atoms with van der Waals surface area (Å²) >= 11 is 1.64. The monoisotopic (exact) mass is 375 g/mol. The van der Waals surface area contributed by atoms with E-state index in [2.05, 4.69) is 29.3 Å². The van der Waals surface area contributed by atoms with E-state index in [0.717, 1.165) is 28.3 Å². The van der Waals surface area contributed by atoms with Gasteiger partial charge in [-0.2, -0.15) is 5.26 Å². The molecular formula is C22H21N3OS. The fraction of sp³-hybridized carbons (Fsp3) is 0.273. The van der Waals surface area contributed by atoms with Crippen molar-refractivity contribution in [3.05, 3.63) is 59.3 Å². The van der Waals surface area contributed by atoms with Gasteiger partial charge in [-0.25, -0.2) is 4.98 Å². The van der Waals surface area contributed by atoms with Crippen LogP contribution in [-0.4, -0.2) is 11.1 Å². The van der Waals surface area contributed by atoms with Crippen LogP contribution in [0.4, 0.5) is 0 Å². The molecule has 0 spiro atoms. The maximum Gasteiger partial charge on any atom is 0.137 e. The van der Waals surface area contributed by atoms with Gasteiger partial charge >= 0.3 is 0 Å². The summed E-state index contributed by atoms with van der Waals surface area (Å²) in [6.45, 7) is 3.91. The minimum Gasteiger partial charge on any atom is -0.490 e. The molecule has 136 valence electrons. The number of fused-ring (bicyclic) bond motifs is 1. The van der Waals surface area contributed by atoms with Crippen molar-refractivity contribution in [2.75, 3.05) is 0 Å². The Bertz CT molecular complexity index is 1030. The molecule has 4 rings (SSSR count). The Morgan fingerprint density at radius 2 is 2.15 bits per heavy atom. The van der Waals surface area contributed by atoms with Crippen molar-refractivity contribution < 1.29 is 4.74 Å². The van der Waals surface area contributed by atoms with Gasteiger partial charge in [0.05, 0.1) is 16.5 Å². The molecule has 1 atom stereocenters. The van der Waals surface area contributed by atoms with Crippen molar-refractivity contribution in [2.45, 2.75) is 38.8 Å². The van der Waals surface area contributed by atoms with E-state index in [4.69, 9.17) is 10.5 Å². The first-order valence-electron chi connectivity index (χ1n) is 9.11. The zero-order valence-corrected chi connectivity index (χ0v) is 16.2. The average Bonchev–Trinajstić information content (AvgIpc) is 3.29. The highest BCUT2D eigenvalue weighted by Gasteiger charge is 2.23. The number of thiazole rings is 1. The maximum atomic E-state index is 9.46. The van der Waals surface area contributed by atoms with Crippen LogP contribution in [-0.2, 0) is 6.42 Å². The van der Waals surface area contributed by atoms with E-state index in [1.165, 1.54) is 16.7 Å². The first-order valence-corrected chi connectivity index (χ1v) is 9.93. The number of hydrogen-bond donors (Lipinski definition) is 1. The van der Waals surface area contributed by atoms with Crippen molar-refractivity contribution >= 4 is 11.3 Å². The summed E-state index contributed by atoms with van der Waals surface area (Å²) < 4.78 is 5.72. The van der Waals surface area contributed by atoms with Crippen LogP contribution in [0, 0.1) is 11.3 Å². The molecule has 0 aliphatic heterocycles. The third-order valence-corrected chi connectivity index (χ3v) is 5.88. The van der Waals surface area contributed by atoms with Crippen LogP contribution in [0.5, 0.6) is 5.75 Å².